The van der Waals surface area contributed by atoms with E-state index in [0.29, 0.717) is 23.3 Å². The Balaban J connectivity index is 1.90. The summed E-state index contributed by atoms with van der Waals surface area (Å²) >= 11 is 0. The number of fused-ring (bicyclic) bond motifs is 1. The Morgan fingerprint density at radius 2 is 2.10 bits per heavy atom. The van der Waals surface area contributed by atoms with Crippen LogP contribution in [0.3, 0.4) is 0 Å². The van der Waals surface area contributed by atoms with Crippen LogP contribution in [-0.2, 0) is 0 Å². The zero-order chi connectivity index (χ0) is 14.9. The Morgan fingerprint density at radius 1 is 1.33 bits per heavy atom. The van der Waals surface area contributed by atoms with E-state index in [0.717, 1.165) is 25.7 Å². The minimum absolute atomic E-state index is 0.0000666. The second kappa shape index (κ2) is 5.25. The maximum atomic E-state index is 10.9. The Morgan fingerprint density at radius 3 is 2.81 bits per heavy atom. The number of aliphatic hydroxyl groups is 1. The molecule has 110 valence electrons. The molecule has 0 atom stereocenters. The number of nitro benzene ring substituents is 1. The quantitative estimate of drug-likeness (QED) is 0.661. The molecule has 0 amide bonds. The molecule has 3 rings (SSSR count). The van der Waals surface area contributed by atoms with Crippen LogP contribution in [0.25, 0.3) is 10.9 Å². The average Bonchev–Trinajstić information content (AvgIpc) is 2.91. The summed E-state index contributed by atoms with van der Waals surface area (Å²) in [4.78, 5) is 18.7. The molecule has 1 saturated carbocycles. The molecular formula is C14H16N4O3. The fourth-order valence-corrected chi connectivity index (χ4v) is 2.76. The third-order valence-electron chi connectivity index (χ3n) is 3.95. The molecule has 0 unspecified atom stereocenters. The summed E-state index contributed by atoms with van der Waals surface area (Å²) in [6, 6.07) is 4.48. The van der Waals surface area contributed by atoms with Gasteiger partial charge in [0.2, 0.25) is 0 Å². The lowest BCUT2D eigenvalue weighted by molar-refractivity contribution is -0.384. The van der Waals surface area contributed by atoms with Crippen LogP contribution in [0.2, 0.25) is 0 Å². The summed E-state index contributed by atoms with van der Waals surface area (Å²) in [5.41, 5.74) is -0.0747. The molecular weight excluding hydrogens is 272 g/mol. The first kappa shape index (κ1) is 13.7. The summed E-state index contributed by atoms with van der Waals surface area (Å²) in [6.07, 6.45) is 4.99. The van der Waals surface area contributed by atoms with Crippen LogP contribution in [0.1, 0.15) is 25.7 Å². The summed E-state index contributed by atoms with van der Waals surface area (Å²) in [5.74, 6) is 0.518. The zero-order valence-corrected chi connectivity index (χ0v) is 11.5. The normalized spacial score (nSPS) is 17.0. The van der Waals surface area contributed by atoms with E-state index in [1.165, 1.54) is 18.5 Å². The molecule has 0 saturated heterocycles. The van der Waals surface area contributed by atoms with E-state index in [1.807, 2.05) is 0 Å². The SMILES string of the molecule is O=[N+]([O-])c1ccc2ncnc(NCC3(O)CCCC3)c2c1. The molecule has 1 heterocycles. The molecule has 0 radical (unpaired) electrons. The van der Waals surface area contributed by atoms with E-state index in [-0.39, 0.29) is 5.69 Å². The van der Waals surface area contributed by atoms with Gasteiger partial charge in [-0.05, 0) is 18.9 Å². The molecule has 1 fully saturated rings. The highest BCUT2D eigenvalue weighted by molar-refractivity contribution is 5.90. The highest BCUT2D eigenvalue weighted by Crippen LogP contribution is 2.30. The summed E-state index contributed by atoms with van der Waals surface area (Å²) in [7, 11) is 0. The van der Waals surface area contributed by atoms with Crippen molar-refractivity contribution in [3.63, 3.8) is 0 Å². The number of hydrogen-bond donors (Lipinski definition) is 2. The zero-order valence-electron chi connectivity index (χ0n) is 11.5. The van der Waals surface area contributed by atoms with Gasteiger partial charge in [-0.1, -0.05) is 12.8 Å². The van der Waals surface area contributed by atoms with E-state index in [4.69, 9.17) is 0 Å². The third-order valence-corrected chi connectivity index (χ3v) is 3.95. The fraction of sp³-hybridized carbons (Fsp3) is 0.429. The highest BCUT2D eigenvalue weighted by Gasteiger charge is 2.31. The number of rotatable bonds is 4. The van der Waals surface area contributed by atoms with Crippen molar-refractivity contribution in [2.75, 3.05) is 11.9 Å². The number of nitrogens with zero attached hydrogens (tertiary/aromatic N) is 3. The van der Waals surface area contributed by atoms with Gasteiger partial charge in [0, 0.05) is 24.1 Å². The van der Waals surface area contributed by atoms with Crippen molar-refractivity contribution in [2.45, 2.75) is 31.3 Å². The lowest BCUT2D eigenvalue weighted by Crippen LogP contribution is -2.33. The standard InChI is InChI=1S/C14H16N4O3/c19-14(5-1-2-6-14)8-15-13-11-7-10(18(20)21)3-4-12(11)16-9-17-13/h3-4,7,9,19H,1-2,5-6,8H2,(H,15,16,17). The van der Waals surface area contributed by atoms with E-state index < -0.39 is 10.5 Å². The third kappa shape index (κ3) is 2.78. The second-order valence-corrected chi connectivity index (χ2v) is 5.47. The van der Waals surface area contributed by atoms with E-state index in [9.17, 15) is 15.2 Å². The van der Waals surface area contributed by atoms with Crippen molar-refractivity contribution in [2.24, 2.45) is 0 Å². The van der Waals surface area contributed by atoms with E-state index >= 15 is 0 Å². The van der Waals surface area contributed by atoms with Crippen LogP contribution in [0.5, 0.6) is 0 Å². The van der Waals surface area contributed by atoms with E-state index in [2.05, 4.69) is 15.3 Å². The van der Waals surface area contributed by atoms with Gasteiger partial charge in [0.25, 0.3) is 5.69 Å². The minimum atomic E-state index is -0.710. The number of non-ortho nitro benzene ring substituents is 1. The highest BCUT2D eigenvalue weighted by atomic mass is 16.6. The molecule has 1 aromatic heterocycles. The van der Waals surface area contributed by atoms with Crippen molar-refractivity contribution in [3.05, 3.63) is 34.6 Å². The summed E-state index contributed by atoms with van der Waals surface area (Å²) in [5, 5.41) is 24.9. The van der Waals surface area contributed by atoms with Crippen LogP contribution in [-0.4, -0.2) is 32.1 Å². The molecule has 2 aromatic rings. The fourth-order valence-electron chi connectivity index (χ4n) is 2.76. The first-order chi connectivity index (χ1) is 10.1. The number of nitrogens with one attached hydrogen (secondary N) is 1. The van der Waals surface area contributed by atoms with Crippen molar-refractivity contribution in [3.8, 4) is 0 Å². The van der Waals surface area contributed by atoms with Gasteiger partial charge in [-0.2, -0.15) is 0 Å². The molecule has 1 aliphatic carbocycles. The first-order valence-electron chi connectivity index (χ1n) is 6.93. The molecule has 1 aromatic carbocycles. The minimum Gasteiger partial charge on any atom is -0.388 e. The van der Waals surface area contributed by atoms with Gasteiger partial charge in [-0.3, -0.25) is 10.1 Å². The predicted molar refractivity (Wildman–Crippen MR) is 78.1 cm³/mol. The van der Waals surface area contributed by atoms with Gasteiger partial charge in [-0.25, -0.2) is 9.97 Å². The molecule has 21 heavy (non-hydrogen) atoms. The first-order valence-corrected chi connectivity index (χ1v) is 6.93. The van der Waals surface area contributed by atoms with E-state index in [1.54, 1.807) is 6.07 Å². The van der Waals surface area contributed by atoms with Crippen molar-refractivity contribution >= 4 is 22.4 Å². The molecule has 0 aliphatic heterocycles. The average molecular weight is 288 g/mol. The molecule has 0 bridgehead atoms. The van der Waals surface area contributed by atoms with Gasteiger partial charge < -0.3 is 10.4 Å². The predicted octanol–water partition coefficient (Wildman–Crippen LogP) is 2.25. The molecule has 7 heteroatoms. The molecule has 1 aliphatic rings. The van der Waals surface area contributed by atoms with Crippen LogP contribution < -0.4 is 5.32 Å². The number of anilines is 1. The molecule has 2 N–H and O–H groups in total. The van der Waals surface area contributed by atoms with Crippen molar-refractivity contribution in [1.82, 2.24) is 9.97 Å². The number of nitro groups is 1. The Labute approximate surface area is 121 Å². The van der Waals surface area contributed by atoms with Crippen molar-refractivity contribution < 1.29 is 10.0 Å². The number of aromatic nitrogens is 2. The lowest BCUT2D eigenvalue weighted by Gasteiger charge is -2.22. The lowest BCUT2D eigenvalue weighted by atomic mass is 10.0. The molecule has 7 nitrogen and oxygen atoms in total. The summed E-state index contributed by atoms with van der Waals surface area (Å²) in [6.45, 7) is 0.391. The van der Waals surface area contributed by atoms with Crippen LogP contribution >= 0.6 is 0 Å². The van der Waals surface area contributed by atoms with Gasteiger partial charge in [0.05, 0.1) is 16.0 Å². The molecule has 0 spiro atoms. The van der Waals surface area contributed by atoms with Gasteiger partial charge >= 0.3 is 0 Å². The van der Waals surface area contributed by atoms with Gasteiger partial charge in [0.15, 0.2) is 0 Å². The Kier molecular flexibility index (Phi) is 3.42. The topological polar surface area (TPSA) is 101 Å². The second-order valence-electron chi connectivity index (χ2n) is 5.47. The Hall–Kier alpha value is -2.28. The smallest absolute Gasteiger partial charge is 0.270 e. The van der Waals surface area contributed by atoms with Crippen LogP contribution in [0.4, 0.5) is 11.5 Å². The van der Waals surface area contributed by atoms with Crippen LogP contribution in [0, 0.1) is 10.1 Å². The Bertz CT molecular complexity index is 683. The number of benzene rings is 1. The number of hydrogen-bond acceptors (Lipinski definition) is 6. The van der Waals surface area contributed by atoms with Crippen LogP contribution in [0.15, 0.2) is 24.5 Å². The maximum Gasteiger partial charge on any atom is 0.270 e. The maximum absolute atomic E-state index is 10.9. The largest absolute Gasteiger partial charge is 0.388 e. The van der Waals surface area contributed by atoms with Gasteiger partial charge in [-0.15, -0.1) is 0 Å². The van der Waals surface area contributed by atoms with Gasteiger partial charge in [0.1, 0.15) is 12.1 Å². The monoisotopic (exact) mass is 288 g/mol. The summed E-state index contributed by atoms with van der Waals surface area (Å²) < 4.78 is 0. The van der Waals surface area contributed by atoms with Crippen molar-refractivity contribution in [1.29, 1.82) is 0 Å².